The van der Waals surface area contributed by atoms with Crippen molar-refractivity contribution in [3.05, 3.63) is 36.0 Å². The van der Waals surface area contributed by atoms with E-state index in [-0.39, 0.29) is 5.82 Å². The van der Waals surface area contributed by atoms with Gasteiger partial charge in [-0.2, -0.15) is 4.98 Å². The normalized spacial score (nSPS) is 18.6. The van der Waals surface area contributed by atoms with Crippen molar-refractivity contribution >= 4 is 0 Å². The van der Waals surface area contributed by atoms with Gasteiger partial charge < -0.3 is 10.3 Å². The van der Waals surface area contributed by atoms with E-state index in [2.05, 4.69) is 10.1 Å². The van der Waals surface area contributed by atoms with Gasteiger partial charge in [-0.25, -0.2) is 4.39 Å². The lowest BCUT2D eigenvalue weighted by molar-refractivity contribution is 0.273. The number of rotatable bonds is 3. The first-order valence-corrected chi connectivity index (χ1v) is 5.96. The highest BCUT2D eigenvalue weighted by Crippen LogP contribution is 2.43. The van der Waals surface area contributed by atoms with E-state index in [0.717, 1.165) is 18.4 Å². The van der Waals surface area contributed by atoms with Crippen LogP contribution in [0, 0.1) is 11.7 Å². The molecule has 1 unspecified atom stereocenters. The van der Waals surface area contributed by atoms with Crippen LogP contribution in [0.15, 0.2) is 28.8 Å². The molecule has 2 aromatic rings. The van der Waals surface area contributed by atoms with Crippen LogP contribution in [0.5, 0.6) is 0 Å². The smallest absolute Gasteiger partial charge is 0.247 e. The van der Waals surface area contributed by atoms with E-state index < -0.39 is 5.54 Å². The van der Waals surface area contributed by atoms with Crippen molar-refractivity contribution in [2.45, 2.75) is 25.3 Å². The van der Waals surface area contributed by atoms with Crippen molar-refractivity contribution < 1.29 is 8.91 Å². The Morgan fingerprint density at radius 1 is 1.33 bits per heavy atom. The molecule has 3 rings (SSSR count). The lowest BCUT2D eigenvalue weighted by Gasteiger charge is -2.18. The summed E-state index contributed by atoms with van der Waals surface area (Å²) in [7, 11) is 0. The number of benzene rings is 1. The summed E-state index contributed by atoms with van der Waals surface area (Å²) < 4.78 is 18.1. The predicted octanol–water partition coefficient (Wildman–Crippen LogP) is 2.46. The SMILES string of the molecule is CC(N)(c1nc(-c2ccc(F)cc2)no1)C1CC1. The molecular weight excluding hydrogens is 233 g/mol. The van der Waals surface area contributed by atoms with E-state index in [1.54, 1.807) is 12.1 Å². The Kier molecular flexibility index (Phi) is 2.45. The Morgan fingerprint density at radius 2 is 2.00 bits per heavy atom. The van der Waals surface area contributed by atoms with Gasteiger partial charge in [-0.1, -0.05) is 5.16 Å². The second-order valence-electron chi connectivity index (χ2n) is 4.99. The van der Waals surface area contributed by atoms with Crippen molar-refractivity contribution in [3.63, 3.8) is 0 Å². The molecule has 4 nitrogen and oxygen atoms in total. The maximum absolute atomic E-state index is 12.8. The van der Waals surface area contributed by atoms with Crippen molar-refractivity contribution in [1.82, 2.24) is 10.1 Å². The van der Waals surface area contributed by atoms with Crippen LogP contribution in [0.4, 0.5) is 4.39 Å². The zero-order valence-corrected chi connectivity index (χ0v) is 10.1. The molecule has 2 N–H and O–H groups in total. The van der Waals surface area contributed by atoms with Gasteiger partial charge in [0.15, 0.2) is 0 Å². The minimum Gasteiger partial charge on any atom is -0.337 e. The van der Waals surface area contributed by atoms with Crippen molar-refractivity contribution in [2.24, 2.45) is 11.7 Å². The summed E-state index contributed by atoms with van der Waals surface area (Å²) in [5.41, 5.74) is 6.36. The van der Waals surface area contributed by atoms with Gasteiger partial charge in [0.05, 0.1) is 5.54 Å². The third-order valence-corrected chi connectivity index (χ3v) is 3.41. The largest absolute Gasteiger partial charge is 0.337 e. The molecular formula is C13H14FN3O. The van der Waals surface area contributed by atoms with Crippen LogP contribution >= 0.6 is 0 Å². The quantitative estimate of drug-likeness (QED) is 0.904. The van der Waals surface area contributed by atoms with E-state index >= 15 is 0 Å². The maximum Gasteiger partial charge on any atom is 0.247 e. The number of hydrogen-bond donors (Lipinski definition) is 1. The average molecular weight is 247 g/mol. The first-order valence-electron chi connectivity index (χ1n) is 5.96. The van der Waals surface area contributed by atoms with Crippen LogP contribution in [0.3, 0.4) is 0 Å². The summed E-state index contributed by atoms with van der Waals surface area (Å²) in [4.78, 5) is 4.32. The summed E-state index contributed by atoms with van der Waals surface area (Å²) in [6, 6.07) is 5.98. The Bertz CT molecular complexity index is 558. The van der Waals surface area contributed by atoms with Crippen LogP contribution in [-0.2, 0) is 5.54 Å². The average Bonchev–Trinajstić information content (AvgIpc) is 3.09. The lowest BCUT2D eigenvalue weighted by atomic mass is 9.97. The van der Waals surface area contributed by atoms with E-state index in [0.29, 0.717) is 17.6 Å². The number of aromatic nitrogens is 2. The molecule has 1 aliphatic carbocycles. The second kappa shape index (κ2) is 3.88. The third kappa shape index (κ3) is 1.90. The number of nitrogens with zero attached hydrogens (tertiary/aromatic N) is 2. The number of nitrogens with two attached hydrogens (primary N) is 1. The monoisotopic (exact) mass is 247 g/mol. The van der Waals surface area contributed by atoms with Gasteiger partial charge in [0.25, 0.3) is 0 Å². The minimum atomic E-state index is -0.564. The van der Waals surface area contributed by atoms with Gasteiger partial charge in [-0.05, 0) is 49.9 Å². The van der Waals surface area contributed by atoms with Gasteiger partial charge in [0.1, 0.15) is 5.82 Å². The molecule has 1 saturated carbocycles. The summed E-state index contributed by atoms with van der Waals surface area (Å²) in [6.45, 7) is 1.91. The fourth-order valence-corrected chi connectivity index (χ4v) is 2.02. The molecule has 1 aliphatic rings. The molecule has 94 valence electrons. The van der Waals surface area contributed by atoms with Crippen LogP contribution in [-0.4, -0.2) is 10.1 Å². The minimum absolute atomic E-state index is 0.288. The molecule has 5 heteroatoms. The molecule has 0 spiro atoms. The Balaban J connectivity index is 1.91. The van der Waals surface area contributed by atoms with E-state index in [1.165, 1.54) is 12.1 Å². The Hall–Kier alpha value is -1.75. The molecule has 0 bridgehead atoms. The van der Waals surface area contributed by atoms with E-state index in [4.69, 9.17) is 10.3 Å². The van der Waals surface area contributed by atoms with Gasteiger partial charge in [-0.3, -0.25) is 0 Å². The first kappa shape index (κ1) is 11.3. The summed E-state index contributed by atoms with van der Waals surface area (Å²) >= 11 is 0. The molecule has 0 aliphatic heterocycles. The maximum atomic E-state index is 12.8. The third-order valence-electron chi connectivity index (χ3n) is 3.41. The fraction of sp³-hybridized carbons (Fsp3) is 0.385. The highest BCUT2D eigenvalue weighted by atomic mass is 19.1. The Morgan fingerprint density at radius 3 is 2.61 bits per heavy atom. The lowest BCUT2D eigenvalue weighted by Crippen LogP contribution is -2.35. The van der Waals surface area contributed by atoms with Crippen LogP contribution in [0.25, 0.3) is 11.4 Å². The Labute approximate surface area is 104 Å². The van der Waals surface area contributed by atoms with Crippen LogP contribution < -0.4 is 5.73 Å². The zero-order chi connectivity index (χ0) is 12.8. The standard InChI is InChI=1S/C13H14FN3O/c1-13(15,9-4-5-9)12-16-11(17-18-12)8-2-6-10(14)7-3-8/h2-3,6-7,9H,4-5,15H2,1H3. The number of hydrogen-bond acceptors (Lipinski definition) is 4. The van der Waals surface area contributed by atoms with Gasteiger partial charge in [-0.15, -0.1) is 0 Å². The summed E-state index contributed by atoms with van der Waals surface area (Å²) in [5, 5.41) is 3.90. The van der Waals surface area contributed by atoms with Crippen molar-refractivity contribution in [3.8, 4) is 11.4 Å². The second-order valence-corrected chi connectivity index (χ2v) is 4.99. The predicted molar refractivity (Wildman–Crippen MR) is 64.0 cm³/mol. The van der Waals surface area contributed by atoms with Crippen molar-refractivity contribution in [1.29, 1.82) is 0 Å². The summed E-state index contributed by atoms with van der Waals surface area (Å²) in [5.74, 6) is 1.02. The highest BCUT2D eigenvalue weighted by Gasteiger charge is 2.43. The molecule has 1 aromatic carbocycles. The van der Waals surface area contributed by atoms with Crippen LogP contribution in [0.1, 0.15) is 25.7 Å². The van der Waals surface area contributed by atoms with E-state index in [9.17, 15) is 4.39 Å². The molecule has 18 heavy (non-hydrogen) atoms. The fourth-order valence-electron chi connectivity index (χ4n) is 2.02. The first-order chi connectivity index (χ1) is 8.57. The van der Waals surface area contributed by atoms with Crippen LogP contribution in [0.2, 0.25) is 0 Å². The van der Waals surface area contributed by atoms with Gasteiger partial charge in [0, 0.05) is 5.56 Å². The van der Waals surface area contributed by atoms with E-state index in [1.807, 2.05) is 6.92 Å². The highest BCUT2D eigenvalue weighted by molar-refractivity contribution is 5.53. The van der Waals surface area contributed by atoms with Gasteiger partial charge in [0.2, 0.25) is 11.7 Å². The van der Waals surface area contributed by atoms with Gasteiger partial charge >= 0.3 is 0 Å². The van der Waals surface area contributed by atoms with Crippen molar-refractivity contribution in [2.75, 3.05) is 0 Å². The molecule has 0 radical (unpaired) electrons. The molecule has 1 atom stereocenters. The molecule has 1 fully saturated rings. The molecule has 1 heterocycles. The number of halogens is 1. The topological polar surface area (TPSA) is 64.9 Å². The molecule has 1 aromatic heterocycles. The molecule has 0 saturated heterocycles. The summed E-state index contributed by atoms with van der Waals surface area (Å²) in [6.07, 6.45) is 2.20. The zero-order valence-electron chi connectivity index (χ0n) is 10.1. The molecule has 0 amide bonds.